The molecule has 0 aliphatic heterocycles. The van der Waals surface area contributed by atoms with Gasteiger partial charge in [-0.1, -0.05) is 84.0 Å². The summed E-state index contributed by atoms with van der Waals surface area (Å²) < 4.78 is 0. The maximum atomic E-state index is 9.44. The van der Waals surface area contributed by atoms with Crippen LogP contribution in [-0.2, 0) is 6.42 Å². The summed E-state index contributed by atoms with van der Waals surface area (Å²) in [5, 5.41) is 18.9. The number of rotatable bonds is 14. The molecule has 0 aromatic heterocycles. The van der Waals surface area contributed by atoms with E-state index in [2.05, 4.69) is 6.92 Å². The van der Waals surface area contributed by atoms with Gasteiger partial charge in [-0.15, -0.1) is 0 Å². The van der Waals surface area contributed by atoms with Crippen molar-refractivity contribution >= 4 is 0 Å². The molecule has 140 valence electrons. The zero-order chi connectivity index (χ0) is 16.8. The van der Waals surface area contributed by atoms with E-state index in [0.29, 0.717) is 0 Å². The number of phenolic OH excluding ortho intramolecular Hbond substituents is 2. The number of phenols is 2. The first-order valence-electron chi connectivity index (χ1n) is 9.74. The summed E-state index contributed by atoms with van der Waals surface area (Å²) in [4.78, 5) is 0. The number of aromatic hydroxyl groups is 2. The van der Waals surface area contributed by atoms with Crippen molar-refractivity contribution in [2.75, 3.05) is 0 Å². The number of unbranched alkanes of at least 4 members (excludes halogenated alkanes) is 12. The van der Waals surface area contributed by atoms with Crippen molar-refractivity contribution in [3.8, 4) is 11.5 Å². The van der Waals surface area contributed by atoms with Crippen LogP contribution in [0.15, 0.2) is 18.2 Å². The van der Waals surface area contributed by atoms with E-state index in [9.17, 15) is 10.2 Å². The van der Waals surface area contributed by atoms with E-state index in [1.165, 1.54) is 83.1 Å². The number of benzene rings is 1. The Bertz CT molecular complexity index is 384. The van der Waals surface area contributed by atoms with Crippen molar-refractivity contribution in [2.24, 2.45) is 0 Å². The highest BCUT2D eigenvalue weighted by Crippen LogP contribution is 2.22. The van der Waals surface area contributed by atoms with Crippen LogP contribution in [0.3, 0.4) is 0 Å². The predicted octanol–water partition coefficient (Wildman–Crippen LogP) is 5.91. The second-order valence-corrected chi connectivity index (χ2v) is 6.85. The molecule has 0 radical (unpaired) electrons. The monoisotopic (exact) mass is 338 g/mol. The number of hydrogen-bond acceptors (Lipinski definition) is 2. The largest absolute Gasteiger partial charge is 0.508 e. The Balaban J connectivity index is 0.00000529. The zero-order valence-electron chi connectivity index (χ0n) is 15.5. The Kier molecular flexibility index (Phi) is 14.5. The third-order valence-corrected chi connectivity index (χ3v) is 4.53. The van der Waals surface area contributed by atoms with Crippen LogP contribution in [0.2, 0.25) is 0 Å². The average molecular weight is 339 g/mol. The summed E-state index contributed by atoms with van der Waals surface area (Å²) in [5.41, 5.74) is 1.03. The Morgan fingerprint density at radius 2 is 0.958 bits per heavy atom. The lowest BCUT2D eigenvalue weighted by molar-refractivity contribution is 0.449. The van der Waals surface area contributed by atoms with Crippen molar-refractivity contribution in [3.05, 3.63) is 23.8 Å². The summed E-state index contributed by atoms with van der Waals surface area (Å²) in [5.74, 6) is 0.324. The van der Waals surface area contributed by atoms with Gasteiger partial charge in [-0.25, -0.2) is 0 Å². The van der Waals surface area contributed by atoms with E-state index in [0.717, 1.165) is 18.4 Å². The Hall–Kier alpha value is -1.22. The molecule has 24 heavy (non-hydrogen) atoms. The van der Waals surface area contributed by atoms with Crippen molar-refractivity contribution in [2.45, 2.75) is 96.8 Å². The van der Waals surface area contributed by atoms with Crippen LogP contribution in [0.4, 0.5) is 0 Å². The van der Waals surface area contributed by atoms with Gasteiger partial charge in [-0.2, -0.15) is 0 Å². The minimum Gasteiger partial charge on any atom is -0.508 e. The van der Waals surface area contributed by atoms with Crippen LogP contribution in [0.1, 0.15) is 96.0 Å². The van der Waals surface area contributed by atoms with Crippen molar-refractivity contribution in [1.29, 1.82) is 0 Å². The summed E-state index contributed by atoms with van der Waals surface area (Å²) >= 11 is 0. The maximum absolute atomic E-state index is 9.44. The fraction of sp³-hybridized carbons (Fsp3) is 0.714. The third-order valence-electron chi connectivity index (χ3n) is 4.53. The first kappa shape index (κ1) is 22.8. The Morgan fingerprint density at radius 3 is 1.38 bits per heavy atom. The molecule has 3 nitrogen and oxygen atoms in total. The summed E-state index contributed by atoms with van der Waals surface area (Å²) in [7, 11) is 0. The van der Waals surface area contributed by atoms with Crippen LogP contribution < -0.4 is 0 Å². The molecule has 4 N–H and O–H groups in total. The van der Waals surface area contributed by atoms with Crippen LogP contribution in [0, 0.1) is 0 Å². The Morgan fingerprint density at radius 1 is 0.583 bits per heavy atom. The molecule has 1 rings (SSSR count). The fourth-order valence-electron chi connectivity index (χ4n) is 3.15. The predicted molar refractivity (Wildman–Crippen MR) is 103 cm³/mol. The molecule has 0 saturated carbocycles. The topological polar surface area (TPSA) is 72.0 Å². The average Bonchev–Trinajstić information content (AvgIpc) is 2.51. The van der Waals surface area contributed by atoms with Crippen LogP contribution in [0.5, 0.6) is 11.5 Å². The van der Waals surface area contributed by atoms with Gasteiger partial charge in [0.1, 0.15) is 11.5 Å². The van der Waals surface area contributed by atoms with Gasteiger partial charge in [0.15, 0.2) is 0 Å². The highest BCUT2D eigenvalue weighted by molar-refractivity contribution is 5.36. The minimum absolute atomic E-state index is 0. The zero-order valence-corrected chi connectivity index (χ0v) is 15.5. The van der Waals surface area contributed by atoms with Gasteiger partial charge in [-0.05, 0) is 30.5 Å². The van der Waals surface area contributed by atoms with Gasteiger partial charge in [0, 0.05) is 6.07 Å². The highest BCUT2D eigenvalue weighted by atomic mass is 16.3. The molecule has 0 amide bonds. The van der Waals surface area contributed by atoms with Crippen molar-refractivity contribution < 1.29 is 15.7 Å². The SMILES string of the molecule is CCCCCCCCCCCCCCCc1cc(O)cc(O)c1.O. The molecule has 3 heteroatoms. The van der Waals surface area contributed by atoms with E-state index in [-0.39, 0.29) is 17.0 Å². The molecule has 0 unspecified atom stereocenters. The summed E-state index contributed by atoms with van der Waals surface area (Å²) in [6.07, 6.45) is 18.6. The summed E-state index contributed by atoms with van der Waals surface area (Å²) in [6, 6.07) is 4.88. The normalized spacial score (nSPS) is 10.5. The minimum atomic E-state index is 0. The van der Waals surface area contributed by atoms with Crippen molar-refractivity contribution in [3.63, 3.8) is 0 Å². The lowest BCUT2D eigenvalue weighted by atomic mass is 10.0. The molecule has 0 aliphatic carbocycles. The van der Waals surface area contributed by atoms with Gasteiger partial charge >= 0.3 is 0 Å². The fourth-order valence-corrected chi connectivity index (χ4v) is 3.15. The first-order valence-corrected chi connectivity index (χ1v) is 9.74. The molecular weight excluding hydrogens is 300 g/mol. The molecule has 0 saturated heterocycles. The van der Waals surface area contributed by atoms with Gasteiger partial charge in [-0.3, -0.25) is 0 Å². The number of aryl methyl sites for hydroxylation is 1. The third kappa shape index (κ3) is 12.2. The lowest BCUT2D eigenvalue weighted by Gasteiger charge is -2.04. The van der Waals surface area contributed by atoms with Crippen LogP contribution in [0.25, 0.3) is 0 Å². The molecule has 1 aromatic carbocycles. The number of hydrogen-bond donors (Lipinski definition) is 2. The second kappa shape index (κ2) is 15.3. The molecule has 0 fully saturated rings. The van der Waals surface area contributed by atoms with Crippen LogP contribution >= 0.6 is 0 Å². The first-order chi connectivity index (χ1) is 11.2. The molecule has 0 heterocycles. The van der Waals surface area contributed by atoms with E-state index in [1.54, 1.807) is 12.1 Å². The smallest absolute Gasteiger partial charge is 0.119 e. The van der Waals surface area contributed by atoms with Gasteiger partial charge in [0.25, 0.3) is 0 Å². The van der Waals surface area contributed by atoms with E-state index in [1.807, 2.05) is 0 Å². The molecule has 0 aliphatic rings. The van der Waals surface area contributed by atoms with Crippen LogP contribution in [-0.4, -0.2) is 15.7 Å². The van der Waals surface area contributed by atoms with E-state index in [4.69, 9.17) is 0 Å². The highest BCUT2D eigenvalue weighted by Gasteiger charge is 1.99. The molecule has 0 atom stereocenters. The van der Waals surface area contributed by atoms with E-state index >= 15 is 0 Å². The van der Waals surface area contributed by atoms with Gasteiger partial charge in [0.05, 0.1) is 0 Å². The Labute approximate surface area is 148 Å². The molecular formula is C21H38O3. The quantitative estimate of drug-likeness (QED) is 0.414. The standard InChI is InChI=1S/C21H36O2.H2O/c1-2-3-4-5-6-7-8-9-10-11-12-13-14-15-19-16-20(22)18-21(23)17-19;/h16-18,22-23H,2-15H2,1H3;1H2. The summed E-state index contributed by atoms with van der Waals surface area (Å²) in [6.45, 7) is 2.27. The molecule has 0 bridgehead atoms. The van der Waals surface area contributed by atoms with Gasteiger partial charge in [0.2, 0.25) is 0 Å². The lowest BCUT2D eigenvalue weighted by Crippen LogP contribution is -1.87. The van der Waals surface area contributed by atoms with Gasteiger partial charge < -0.3 is 15.7 Å². The van der Waals surface area contributed by atoms with E-state index < -0.39 is 0 Å². The second-order valence-electron chi connectivity index (χ2n) is 6.85. The molecule has 1 aromatic rings. The molecule has 0 spiro atoms. The maximum Gasteiger partial charge on any atom is 0.119 e. The van der Waals surface area contributed by atoms with Crippen molar-refractivity contribution in [1.82, 2.24) is 0 Å².